The Bertz CT molecular complexity index is 611. The van der Waals surface area contributed by atoms with Crippen LogP contribution in [0.25, 0.3) is 0 Å². The van der Waals surface area contributed by atoms with E-state index in [1.165, 1.54) is 6.20 Å². The molecule has 0 unspecified atom stereocenters. The summed E-state index contributed by atoms with van der Waals surface area (Å²) in [6.07, 6.45) is 3.08. The van der Waals surface area contributed by atoms with Gasteiger partial charge in [-0.15, -0.1) is 0 Å². The molecule has 0 fully saturated rings. The summed E-state index contributed by atoms with van der Waals surface area (Å²) in [5, 5.41) is 4.71. The Kier molecular flexibility index (Phi) is 3.49. The largest absolute Gasteiger partial charge is 0.437 e. The zero-order chi connectivity index (χ0) is 13.3. The van der Waals surface area contributed by atoms with Crippen LogP contribution in [0.4, 0.5) is 0 Å². The van der Waals surface area contributed by atoms with E-state index in [1.807, 2.05) is 6.92 Å². The summed E-state index contributed by atoms with van der Waals surface area (Å²) in [6.45, 7) is 1.82. The van der Waals surface area contributed by atoms with Crippen LogP contribution < -0.4 is 10.5 Å². The third-order valence-electron chi connectivity index (χ3n) is 2.31. The Hall–Kier alpha value is -1.66. The average Bonchev–Trinajstić information content (AvgIpc) is 2.53. The lowest BCUT2D eigenvalue weighted by atomic mass is 10.2. The molecule has 2 N–H and O–H groups in total. The van der Waals surface area contributed by atoms with Gasteiger partial charge in [-0.25, -0.2) is 4.68 Å². The molecule has 0 saturated heterocycles. The standard InChI is InChI=1S/C11H11ClN4OS/c1-6-9(10(13)18)11(16(2)15-6)17-8-3-7(12)4-14-5-8/h3-5H,1-2H3,(H2,13,18). The number of aryl methyl sites for hydroxylation is 2. The molecule has 5 nitrogen and oxygen atoms in total. The van der Waals surface area contributed by atoms with Crippen LogP contribution in [0.1, 0.15) is 11.3 Å². The Morgan fingerprint density at radius 2 is 2.22 bits per heavy atom. The molecule has 18 heavy (non-hydrogen) atoms. The Morgan fingerprint density at radius 3 is 2.83 bits per heavy atom. The van der Waals surface area contributed by atoms with Crippen molar-refractivity contribution in [2.24, 2.45) is 12.8 Å². The first-order valence-electron chi connectivity index (χ1n) is 5.11. The van der Waals surface area contributed by atoms with E-state index in [4.69, 9.17) is 34.3 Å². The van der Waals surface area contributed by atoms with E-state index in [0.717, 1.165) is 5.69 Å². The third-order valence-corrected chi connectivity index (χ3v) is 2.72. The number of halogens is 1. The number of hydrogen-bond donors (Lipinski definition) is 1. The monoisotopic (exact) mass is 282 g/mol. The highest BCUT2D eigenvalue weighted by Crippen LogP contribution is 2.27. The Balaban J connectivity index is 2.43. The van der Waals surface area contributed by atoms with Crippen molar-refractivity contribution in [1.29, 1.82) is 0 Å². The fourth-order valence-electron chi connectivity index (χ4n) is 1.60. The molecule has 0 atom stereocenters. The van der Waals surface area contributed by atoms with Gasteiger partial charge in [-0.05, 0) is 6.92 Å². The van der Waals surface area contributed by atoms with Crippen LogP contribution in [0.5, 0.6) is 11.6 Å². The molecule has 2 aromatic rings. The second kappa shape index (κ2) is 4.91. The van der Waals surface area contributed by atoms with E-state index < -0.39 is 0 Å². The van der Waals surface area contributed by atoms with E-state index in [9.17, 15) is 0 Å². The van der Waals surface area contributed by atoms with Crippen LogP contribution >= 0.6 is 23.8 Å². The number of aromatic nitrogens is 3. The smallest absolute Gasteiger partial charge is 0.228 e. The maximum atomic E-state index is 5.84. The minimum atomic E-state index is 0.241. The van der Waals surface area contributed by atoms with Crippen LogP contribution in [0.3, 0.4) is 0 Å². The van der Waals surface area contributed by atoms with Gasteiger partial charge in [0.1, 0.15) is 10.7 Å². The molecule has 0 aromatic carbocycles. The van der Waals surface area contributed by atoms with Crippen molar-refractivity contribution in [3.8, 4) is 11.6 Å². The van der Waals surface area contributed by atoms with Gasteiger partial charge in [0.15, 0.2) is 0 Å². The lowest BCUT2D eigenvalue weighted by Gasteiger charge is -2.07. The lowest BCUT2D eigenvalue weighted by molar-refractivity contribution is 0.428. The first-order valence-corrected chi connectivity index (χ1v) is 5.89. The third kappa shape index (κ3) is 2.44. The normalized spacial score (nSPS) is 10.4. The molecule has 94 valence electrons. The maximum Gasteiger partial charge on any atom is 0.228 e. The number of nitrogens with zero attached hydrogens (tertiary/aromatic N) is 3. The number of nitrogens with two attached hydrogens (primary N) is 1. The maximum absolute atomic E-state index is 5.84. The van der Waals surface area contributed by atoms with E-state index in [-0.39, 0.29) is 4.99 Å². The SMILES string of the molecule is Cc1nn(C)c(Oc2cncc(Cl)c2)c1C(N)=S. The number of thiocarbonyl (C=S) groups is 1. The first kappa shape index (κ1) is 12.8. The fraction of sp³-hybridized carbons (Fsp3) is 0.182. The quantitative estimate of drug-likeness (QED) is 0.874. The van der Waals surface area contributed by atoms with Crippen molar-refractivity contribution >= 4 is 28.8 Å². The fourth-order valence-corrected chi connectivity index (χ4v) is 2.00. The van der Waals surface area contributed by atoms with Crippen LogP contribution in [0.2, 0.25) is 5.02 Å². The predicted molar refractivity (Wildman–Crippen MR) is 73.2 cm³/mol. The van der Waals surface area contributed by atoms with Crippen molar-refractivity contribution in [2.45, 2.75) is 6.92 Å². The zero-order valence-electron chi connectivity index (χ0n) is 9.85. The molecule has 0 bridgehead atoms. The summed E-state index contributed by atoms with van der Waals surface area (Å²) in [7, 11) is 1.75. The van der Waals surface area contributed by atoms with Gasteiger partial charge in [-0.2, -0.15) is 5.10 Å². The van der Waals surface area contributed by atoms with Crippen LogP contribution in [-0.2, 0) is 7.05 Å². The summed E-state index contributed by atoms with van der Waals surface area (Å²) >= 11 is 10.8. The van der Waals surface area contributed by atoms with Gasteiger partial charge in [0.05, 0.1) is 22.5 Å². The molecule has 2 rings (SSSR count). The Labute approximate surface area is 115 Å². The average molecular weight is 283 g/mol. The van der Waals surface area contributed by atoms with Gasteiger partial charge in [0, 0.05) is 19.3 Å². The van der Waals surface area contributed by atoms with E-state index in [2.05, 4.69) is 10.1 Å². The molecule has 0 amide bonds. The van der Waals surface area contributed by atoms with Gasteiger partial charge in [0.25, 0.3) is 0 Å². The lowest BCUT2D eigenvalue weighted by Crippen LogP contribution is -2.11. The molecule has 0 radical (unpaired) electrons. The van der Waals surface area contributed by atoms with E-state index >= 15 is 0 Å². The molecule has 0 spiro atoms. The van der Waals surface area contributed by atoms with Crippen LogP contribution in [0, 0.1) is 6.92 Å². The highest BCUT2D eigenvalue weighted by atomic mass is 35.5. The first-order chi connectivity index (χ1) is 8.49. The van der Waals surface area contributed by atoms with Crippen molar-refractivity contribution in [2.75, 3.05) is 0 Å². The van der Waals surface area contributed by atoms with Crippen molar-refractivity contribution < 1.29 is 4.74 Å². The molecule has 0 aliphatic rings. The molecular formula is C11H11ClN4OS. The van der Waals surface area contributed by atoms with Gasteiger partial charge in [0.2, 0.25) is 5.88 Å². The van der Waals surface area contributed by atoms with Crippen molar-refractivity contribution in [1.82, 2.24) is 14.8 Å². The molecule has 2 heterocycles. The van der Waals surface area contributed by atoms with Crippen molar-refractivity contribution in [3.05, 3.63) is 34.7 Å². The van der Waals surface area contributed by atoms with Gasteiger partial charge in [-0.3, -0.25) is 4.98 Å². The second-order valence-corrected chi connectivity index (χ2v) is 4.57. The Morgan fingerprint density at radius 1 is 1.50 bits per heavy atom. The van der Waals surface area contributed by atoms with E-state index in [1.54, 1.807) is 24.0 Å². The molecular weight excluding hydrogens is 272 g/mol. The molecule has 7 heteroatoms. The summed E-state index contributed by atoms with van der Waals surface area (Å²) < 4.78 is 7.26. The molecule has 2 aromatic heterocycles. The summed E-state index contributed by atoms with van der Waals surface area (Å²) in [4.78, 5) is 4.18. The van der Waals surface area contributed by atoms with Gasteiger partial charge < -0.3 is 10.5 Å². The zero-order valence-corrected chi connectivity index (χ0v) is 11.4. The molecule has 0 aliphatic carbocycles. The van der Waals surface area contributed by atoms with Gasteiger partial charge >= 0.3 is 0 Å². The van der Waals surface area contributed by atoms with Crippen LogP contribution in [0.15, 0.2) is 18.5 Å². The summed E-state index contributed by atoms with van der Waals surface area (Å²) in [5.74, 6) is 0.979. The topological polar surface area (TPSA) is 66.0 Å². The predicted octanol–water partition coefficient (Wildman–Crippen LogP) is 2.20. The number of rotatable bonds is 3. The molecule has 0 saturated carbocycles. The van der Waals surface area contributed by atoms with Gasteiger partial charge in [-0.1, -0.05) is 23.8 Å². The summed E-state index contributed by atoms with van der Waals surface area (Å²) in [6, 6.07) is 1.65. The second-order valence-electron chi connectivity index (χ2n) is 3.69. The number of hydrogen-bond acceptors (Lipinski definition) is 4. The highest BCUT2D eigenvalue weighted by Gasteiger charge is 2.17. The number of pyridine rings is 1. The minimum Gasteiger partial charge on any atom is -0.437 e. The van der Waals surface area contributed by atoms with Crippen molar-refractivity contribution in [3.63, 3.8) is 0 Å². The highest BCUT2D eigenvalue weighted by molar-refractivity contribution is 7.80. The molecule has 0 aliphatic heterocycles. The summed E-state index contributed by atoms with van der Waals surface area (Å²) in [5.41, 5.74) is 7.00. The van der Waals surface area contributed by atoms with Crippen LogP contribution in [-0.4, -0.2) is 19.8 Å². The number of ether oxygens (including phenoxy) is 1. The van der Waals surface area contributed by atoms with E-state index in [0.29, 0.717) is 22.2 Å². The minimum absolute atomic E-state index is 0.241.